The van der Waals surface area contributed by atoms with Crippen LogP contribution in [0.25, 0.3) is 11.1 Å². The van der Waals surface area contributed by atoms with Gasteiger partial charge in [0.25, 0.3) is 0 Å². The molecule has 0 aliphatic carbocycles. The molecule has 6 rings (SSSR count). The van der Waals surface area contributed by atoms with Gasteiger partial charge in [0.15, 0.2) is 0 Å². The molecule has 0 fully saturated rings. The lowest BCUT2D eigenvalue weighted by Crippen LogP contribution is -2.12. The second-order valence-corrected chi connectivity index (χ2v) is 15.1. The Morgan fingerprint density at radius 2 is 1.15 bits per heavy atom. The Kier molecular flexibility index (Phi) is 13.1. The third kappa shape index (κ3) is 9.26. The van der Waals surface area contributed by atoms with Crippen molar-refractivity contribution >= 4 is 45.9 Å². The number of thiazole rings is 2. The molecule has 0 saturated heterocycles. The Labute approximate surface area is 323 Å². The molecule has 0 aliphatic rings. The monoisotopic (exact) mass is 773 g/mol. The van der Waals surface area contributed by atoms with Crippen LogP contribution in [0.3, 0.4) is 0 Å². The number of aryl methyl sites for hydroxylation is 2. The first kappa shape index (κ1) is 37.6. The Hall–Kier alpha value is -4.12. The molecule has 0 radical (unpaired) electrons. The number of ether oxygens (including phenoxy) is 4. The van der Waals surface area contributed by atoms with Gasteiger partial charge < -0.3 is 24.3 Å². The normalized spacial score (nSPS) is 11.1. The van der Waals surface area contributed by atoms with Gasteiger partial charge in [-0.25, -0.2) is 0 Å². The molecule has 0 saturated carbocycles. The first-order valence-corrected chi connectivity index (χ1v) is 19.5. The van der Waals surface area contributed by atoms with Crippen molar-refractivity contribution in [2.45, 2.75) is 59.4 Å². The van der Waals surface area contributed by atoms with Gasteiger partial charge in [-0.3, -0.25) is 9.97 Å². The summed E-state index contributed by atoms with van der Waals surface area (Å²) in [6.45, 7) is 6.31. The molecular formula is C41H41Cl2N3O4S2. The number of nitrogens with one attached hydrogen (secondary N) is 1. The lowest BCUT2D eigenvalue weighted by Gasteiger charge is -2.18. The third-order valence-corrected chi connectivity index (χ3v) is 11.3. The molecule has 0 aliphatic heterocycles. The zero-order chi connectivity index (χ0) is 36.5. The van der Waals surface area contributed by atoms with Crippen LogP contribution < -0.4 is 24.3 Å². The average Bonchev–Trinajstić information content (AvgIpc) is 3.87. The van der Waals surface area contributed by atoms with Crippen molar-refractivity contribution in [3.63, 3.8) is 0 Å². The lowest BCUT2D eigenvalue weighted by atomic mass is 9.92. The van der Waals surface area contributed by atoms with Gasteiger partial charge in [0.2, 0.25) is 0 Å². The summed E-state index contributed by atoms with van der Waals surface area (Å²) >= 11 is 16.7. The first-order chi connectivity index (χ1) is 25.3. The molecule has 2 aromatic heterocycles. The molecule has 11 heteroatoms. The van der Waals surface area contributed by atoms with Crippen molar-refractivity contribution in [3.8, 4) is 34.1 Å². The maximum Gasteiger partial charge on any atom is 0.142 e. The van der Waals surface area contributed by atoms with E-state index in [2.05, 4.69) is 65.5 Å². The van der Waals surface area contributed by atoms with Crippen molar-refractivity contribution in [2.75, 3.05) is 14.2 Å². The van der Waals surface area contributed by atoms with Gasteiger partial charge >= 0.3 is 0 Å². The van der Waals surface area contributed by atoms with E-state index in [1.807, 2.05) is 47.7 Å². The molecule has 2 heterocycles. The van der Waals surface area contributed by atoms with Gasteiger partial charge in [-0.15, -0.1) is 22.7 Å². The maximum absolute atomic E-state index is 6.73. The zero-order valence-corrected chi connectivity index (χ0v) is 32.8. The van der Waals surface area contributed by atoms with Crippen LogP contribution in [-0.2, 0) is 39.1 Å². The van der Waals surface area contributed by atoms with E-state index in [0.29, 0.717) is 41.3 Å². The van der Waals surface area contributed by atoms with E-state index in [4.69, 9.17) is 42.1 Å². The van der Waals surface area contributed by atoms with Crippen LogP contribution >= 0.6 is 45.9 Å². The molecule has 7 nitrogen and oxygen atoms in total. The topological polar surface area (TPSA) is 74.7 Å². The van der Waals surface area contributed by atoms with Crippen LogP contribution in [0.5, 0.6) is 23.0 Å². The van der Waals surface area contributed by atoms with E-state index >= 15 is 0 Å². The third-order valence-electron chi connectivity index (χ3n) is 9.07. The molecule has 1 N–H and O–H groups in total. The number of hydrogen-bond donors (Lipinski definition) is 1. The zero-order valence-electron chi connectivity index (χ0n) is 29.6. The molecule has 6 aromatic rings. The fraction of sp³-hybridized carbons (Fsp3) is 0.268. The summed E-state index contributed by atoms with van der Waals surface area (Å²) in [5, 5.41) is 4.53. The van der Waals surface area contributed by atoms with E-state index < -0.39 is 0 Å². The predicted molar refractivity (Wildman–Crippen MR) is 213 cm³/mol. The number of methoxy groups -OCH3 is 2. The molecular weight excluding hydrogens is 734 g/mol. The summed E-state index contributed by atoms with van der Waals surface area (Å²) < 4.78 is 24.0. The van der Waals surface area contributed by atoms with Crippen LogP contribution in [-0.4, -0.2) is 24.2 Å². The van der Waals surface area contributed by atoms with E-state index in [1.54, 1.807) is 36.9 Å². The van der Waals surface area contributed by atoms with E-state index in [1.165, 1.54) is 9.75 Å². The smallest absolute Gasteiger partial charge is 0.142 e. The standard InChI is InChI=1S/C41H41Cl2N3O4S2/c1-26-29(22-49-40-16-38(47-3)28(14-36(40)42)8-5-11-32-19-45-24-51-32)9-6-12-34(26)35-13-7-10-30(27(35)2)23-50-41-17-39(48-4)31(15-37(41)43)18-44-20-33-21-46-25-52-33/h6-7,9-10,12-17,19,21,24-25,44H,5,8,11,18,20,22-23H2,1-4H3. The SMILES string of the molecule is COc1cc(OCc2cccc(-c3cccc(COc4cc(OC)c(CNCc5cncs5)cc4Cl)c3C)c2C)c(Cl)cc1CCCc1cncs1. The maximum atomic E-state index is 6.73. The van der Waals surface area contributed by atoms with Crippen LogP contribution in [0, 0.1) is 13.8 Å². The highest BCUT2D eigenvalue weighted by molar-refractivity contribution is 7.09. The molecule has 0 atom stereocenters. The average molecular weight is 775 g/mol. The largest absolute Gasteiger partial charge is 0.496 e. The summed E-state index contributed by atoms with van der Waals surface area (Å²) in [4.78, 5) is 10.7. The van der Waals surface area contributed by atoms with Crippen LogP contribution in [0.2, 0.25) is 10.0 Å². The van der Waals surface area contributed by atoms with Crippen molar-refractivity contribution in [1.82, 2.24) is 15.3 Å². The van der Waals surface area contributed by atoms with E-state index in [-0.39, 0.29) is 0 Å². The minimum atomic E-state index is 0.356. The van der Waals surface area contributed by atoms with E-state index in [9.17, 15) is 0 Å². The molecule has 0 amide bonds. The molecule has 270 valence electrons. The van der Waals surface area contributed by atoms with E-state index in [0.717, 1.165) is 81.8 Å². The van der Waals surface area contributed by atoms with Crippen LogP contribution in [0.4, 0.5) is 0 Å². The number of rotatable bonds is 17. The minimum absolute atomic E-state index is 0.356. The highest BCUT2D eigenvalue weighted by Gasteiger charge is 2.16. The highest BCUT2D eigenvalue weighted by Crippen LogP contribution is 2.37. The molecule has 52 heavy (non-hydrogen) atoms. The Morgan fingerprint density at radius 1 is 0.615 bits per heavy atom. The molecule has 4 aromatic carbocycles. The Balaban J connectivity index is 1.12. The first-order valence-electron chi connectivity index (χ1n) is 17.0. The van der Waals surface area contributed by atoms with Crippen molar-refractivity contribution in [2.24, 2.45) is 0 Å². The number of aromatic nitrogens is 2. The summed E-state index contributed by atoms with van der Waals surface area (Å²) in [7, 11) is 3.34. The Bertz CT molecular complexity index is 1940. The summed E-state index contributed by atoms with van der Waals surface area (Å²) in [5.41, 5.74) is 12.4. The van der Waals surface area contributed by atoms with Gasteiger partial charge in [-0.2, -0.15) is 0 Å². The van der Waals surface area contributed by atoms with Crippen LogP contribution in [0.1, 0.15) is 49.6 Å². The molecule has 0 spiro atoms. The van der Waals surface area contributed by atoms with Gasteiger partial charge in [0.1, 0.15) is 36.2 Å². The fourth-order valence-electron chi connectivity index (χ4n) is 6.13. The highest BCUT2D eigenvalue weighted by atomic mass is 35.5. The second-order valence-electron chi connectivity index (χ2n) is 12.3. The number of hydrogen-bond acceptors (Lipinski definition) is 9. The predicted octanol–water partition coefficient (Wildman–Crippen LogP) is 10.8. The number of nitrogens with zero attached hydrogens (tertiary/aromatic N) is 2. The summed E-state index contributed by atoms with van der Waals surface area (Å²) in [6.07, 6.45) is 6.60. The number of halogens is 2. The van der Waals surface area contributed by atoms with Crippen molar-refractivity contribution in [1.29, 1.82) is 0 Å². The van der Waals surface area contributed by atoms with Crippen molar-refractivity contribution in [3.05, 3.63) is 137 Å². The van der Waals surface area contributed by atoms with Gasteiger partial charge in [-0.1, -0.05) is 59.6 Å². The summed E-state index contributed by atoms with van der Waals surface area (Å²) in [5.74, 6) is 2.67. The van der Waals surface area contributed by atoms with Crippen molar-refractivity contribution < 1.29 is 18.9 Å². The number of benzene rings is 4. The lowest BCUT2D eigenvalue weighted by molar-refractivity contribution is 0.302. The second kappa shape index (κ2) is 18.1. The summed E-state index contributed by atoms with van der Waals surface area (Å²) in [6, 6.07) is 20.2. The van der Waals surface area contributed by atoms with Gasteiger partial charge in [-0.05, 0) is 84.2 Å². The quantitative estimate of drug-likeness (QED) is 0.0989. The van der Waals surface area contributed by atoms with Gasteiger partial charge in [0, 0.05) is 52.9 Å². The molecule has 0 bridgehead atoms. The Morgan fingerprint density at radius 3 is 1.69 bits per heavy atom. The van der Waals surface area contributed by atoms with Gasteiger partial charge in [0.05, 0.1) is 35.3 Å². The van der Waals surface area contributed by atoms with Crippen LogP contribution in [0.15, 0.2) is 84.1 Å². The fourth-order valence-corrected chi connectivity index (χ4v) is 7.82. The minimum Gasteiger partial charge on any atom is -0.496 e. The molecule has 0 unspecified atom stereocenters.